The van der Waals surface area contributed by atoms with E-state index in [9.17, 15) is 0 Å². The fourth-order valence-electron chi connectivity index (χ4n) is 2.17. The molecule has 0 saturated carbocycles. The zero-order valence-electron chi connectivity index (χ0n) is 8.30. The quantitative estimate of drug-likeness (QED) is 0.675. The molecule has 0 amide bonds. The molecule has 0 aliphatic carbocycles. The van der Waals surface area contributed by atoms with Crippen molar-refractivity contribution in [2.75, 3.05) is 39.3 Å². The molecular weight excluding hydrogens is 164 g/mol. The summed E-state index contributed by atoms with van der Waals surface area (Å²) in [5.74, 6) is 0. The minimum atomic E-state index is 0.437. The van der Waals surface area contributed by atoms with Crippen LogP contribution in [0.1, 0.15) is 19.3 Å². The van der Waals surface area contributed by atoms with Crippen LogP contribution in [0.3, 0.4) is 0 Å². The third-order valence-electron chi connectivity index (χ3n) is 2.91. The smallest absolute Gasteiger partial charge is 0.0826 e. The van der Waals surface area contributed by atoms with Crippen LogP contribution in [0.5, 0.6) is 0 Å². The number of nitrogens with zero attached hydrogens (tertiary/aromatic N) is 1. The molecule has 3 heteroatoms. The van der Waals surface area contributed by atoms with E-state index < -0.39 is 0 Å². The van der Waals surface area contributed by atoms with Gasteiger partial charge in [-0.3, -0.25) is 0 Å². The molecule has 0 aromatic carbocycles. The lowest BCUT2D eigenvalue weighted by Gasteiger charge is -2.32. The summed E-state index contributed by atoms with van der Waals surface area (Å²) in [5.41, 5.74) is 0. The molecule has 0 radical (unpaired) electrons. The van der Waals surface area contributed by atoms with Gasteiger partial charge in [0.05, 0.1) is 12.7 Å². The van der Waals surface area contributed by atoms with E-state index in [0.29, 0.717) is 6.10 Å². The normalized spacial score (nSPS) is 31.8. The molecule has 2 aliphatic heterocycles. The van der Waals surface area contributed by atoms with Gasteiger partial charge >= 0.3 is 0 Å². The first-order valence-corrected chi connectivity index (χ1v) is 5.50. The van der Waals surface area contributed by atoms with Crippen LogP contribution in [-0.4, -0.2) is 50.3 Å². The maximum absolute atomic E-state index is 5.68. The average Bonchev–Trinajstić information content (AvgIpc) is 2.21. The van der Waals surface area contributed by atoms with Crippen molar-refractivity contribution < 1.29 is 4.74 Å². The molecule has 2 heterocycles. The fraction of sp³-hybridized carbons (Fsp3) is 1.00. The molecule has 1 N–H and O–H groups in total. The number of rotatable bonds is 2. The maximum Gasteiger partial charge on any atom is 0.0826 e. The maximum atomic E-state index is 5.68. The third-order valence-corrected chi connectivity index (χ3v) is 2.91. The Morgan fingerprint density at radius 3 is 2.77 bits per heavy atom. The second-order valence-corrected chi connectivity index (χ2v) is 4.06. The van der Waals surface area contributed by atoms with E-state index in [1.807, 2.05) is 0 Å². The highest BCUT2D eigenvalue weighted by atomic mass is 16.5. The number of morpholine rings is 1. The molecule has 0 unspecified atom stereocenters. The predicted molar refractivity (Wildman–Crippen MR) is 52.9 cm³/mol. The first kappa shape index (κ1) is 9.44. The van der Waals surface area contributed by atoms with E-state index in [2.05, 4.69) is 10.2 Å². The van der Waals surface area contributed by atoms with Crippen LogP contribution in [0.4, 0.5) is 0 Å². The summed E-state index contributed by atoms with van der Waals surface area (Å²) >= 11 is 0. The lowest BCUT2D eigenvalue weighted by atomic mass is 10.1. The Hall–Kier alpha value is -0.120. The Labute approximate surface area is 80.4 Å². The molecule has 0 bridgehead atoms. The van der Waals surface area contributed by atoms with Gasteiger partial charge < -0.3 is 15.0 Å². The molecule has 76 valence electrons. The number of ether oxygens (including phenoxy) is 1. The van der Waals surface area contributed by atoms with Gasteiger partial charge in [0, 0.05) is 19.6 Å². The number of hydrogen-bond acceptors (Lipinski definition) is 3. The number of nitrogens with one attached hydrogen (secondary N) is 1. The van der Waals surface area contributed by atoms with E-state index in [1.54, 1.807) is 0 Å². The van der Waals surface area contributed by atoms with Crippen molar-refractivity contribution in [2.24, 2.45) is 0 Å². The Morgan fingerprint density at radius 2 is 2.08 bits per heavy atom. The van der Waals surface area contributed by atoms with Crippen molar-refractivity contribution in [2.45, 2.75) is 25.4 Å². The number of likely N-dealkylation sites (tertiary alicyclic amines) is 1. The van der Waals surface area contributed by atoms with Gasteiger partial charge in [0.1, 0.15) is 0 Å². The van der Waals surface area contributed by atoms with Crippen molar-refractivity contribution in [3.8, 4) is 0 Å². The molecule has 0 aromatic rings. The topological polar surface area (TPSA) is 24.5 Å². The minimum absolute atomic E-state index is 0.437. The zero-order valence-corrected chi connectivity index (χ0v) is 8.30. The summed E-state index contributed by atoms with van der Waals surface area (Å²) in [6.07, 6.45) is 4.60. The highest BCUT2D eigenvalue weighted by Gasteiger charge is 2.18. The van der Waals surface area contributed by atoms with E-state index in [-0.39, 0.29) is 0 Å². The van der Waals surface area contributed by atoms with Gasteiger partial charge in [0.2, 0.25) is 0 Å². The SMILES string of the molecule is C1CCN(C[C@@H]2CNCCO2)CC1. The third kappa shape index (κ3) is 2.93. The molecule has 1 atom stereocenters. The number of piperidine rings is 1. The van der Waals surface area contributed by atoms with E-state index in [1.165, 1.54) is 32.4 Å². The molecule has 2 rings (SSSR count). The second-order valence-electron chi connectivity index (χ2n) is 4.06. The van der Waals surface area contributed by atoms with E-state index in [4.69, 9.17) is 4.74 Å². The van der Waals surface area contributed by atoms with Crippen LogP contribution >= 0.6 is 0 Å². The van der Waals surface area contributed by atoms with Gasteiger partial charge in [-0.25, -0.2) is 0 Å². The average molecular weight is 184 g/mol. The first-order chi connectivity index (χ1) is 6.45. The Morgan fingerprint density at radius 1 is 1.23 bits per heavy atom. The summed E-state index contributed by atoms with van der Waals surface area (Å²) in [4.78, 5) is 2.54. The molecule has 0 spiro atoms. The summed E-state index contributed by atoms with van der Waals surface area (Å²) in [7, 11) is 0. The van der Waals surface area contributed by atoms with Crippen molar-refractivity contribution in [3.63, 3.8) is 0 Å². The zero-order chi connectivity index (χ0) is 8.93. The van der Waals surface area contributed by atoms with E-state index >= 15 is 0 Å². The summed E-state index contributed by atoms with van der Waals surface area (Å²) in [6.45, 7) is 6.64. The van der Waals surface area contributed by atoms with Gasteiger partial charge in [-0.05, 0) is 25.9 Å². The van der Waals surface area contributed by atoms with Crippen molar-refractivity contribution in [1.29, 1.82) is 0 Å². The van der Waals surface area contributed by atoms with Gasteiger partial charge in [0.15, 0.2) is 0 Å². The summed E-state index contributed by atoms with van der Waals surface area (Å²) < 4.78 is 5.68. The highest BCUT2D eigenvalue weighted by molar-refractivity contribution is 4.73. The molecule has 13 heavy (non-hydrogen) atoms. The number of hydrogen-bond donors (Lipinski definition) is 1. The standard InChI is InChI=1S/C10H20N2O/c1-2-5-12(6-3-1)9-10-8-11-4-7-13-10/h10-11H,1-9H2/t10-/m0/s1. The lowest BCUT2D eigenvalue weighted by Crippen LogP contribution is -2.46. The fourth-order valence-corrected chi connectivity index (χ4v) is 2.17. The lowest BCUT2D eigenvalue weighted by molar-refractivity contribution is 0.00234. The van der Waals surface area contributed by atoms with Crippen LogP contribution in [-0.2, 0) is 4.74 Å². The van der Waals surface area contributed by atoms with Crippen molar-refractivity contribution in [1.82, 2.24) is 10.2 Å². The molecule has 3 nitrogen and oxygen atoms in total. The molecule has 2 saturated heterocycles. The van der Waals surface area contributed by atoms with Crippen molar-refractivity contribution in [3.05, 3.63) is 0 Å². The van der Waals surface area contributed by atoms with Gasteiger partial charge in [-0.15, -0.1) is 0 Å². The predicted octanol–water partition coefficient (Wildman–Crippen LogP) is 0.461. The Kier molecular flexibility index (Phi) is 3.58. The van der Waals surface area contributed by atoms with Crippen LogP contribution in [0, 0.1) is 0 Å². The first-order valence-electron chi connectivity index (χ1n) is 5.50. The second kappa shape index (κ2) is 4.94. The Balaban J connectivity index is 1.69. The Bertz CT molecular complexity index is 124. The van der Waals surface area contributed by atoms with Crippen LogP contribution in [0.15, 0.2) is 0 Å². The highest BCUT2D eigenvalue weighted by Crippen LogP contribution is 2.10. The van der Waals surface area contributed by atoms with Crippen LogP contribution < -0.4 is 5.32 Å². The molecule has 2 fully saturated rings. The monoisotopic (exact) mass is 184 g/mol. The van der Waals surface area contributed by atoms with Crippen LogP contribution in [0.2, 0.25) is 0 Å². The minimum Gasteiger partial charge on any atom is -0.374 e. The van der Waals surface area contributed by atoms with Crippen molar-refractivity contribution >= 4 is 0 Å². The summed E-state index contributed by atoms with van der Waals surface area (Å²) in [5, 5.41) is 3.37. The summed E-state index contributed by atoms with van der Waals surface area (Å²) in [6, 6.07) is 0. The molecular formula is C10H20N2O. The molecule has 2 aliphatic rings. The van der Waals surface area contributed by atoms with E-state index in [0.717, 1.165) is 26.2 Å². The van der Waals surface area contributed by atoms with Gasteiger partial charge in [0.25, 0.3) is 0 Å². The van der Waals surface area contributed by atoms with Gasteiger partial charge in [-0.2, -0.15) is 0 Å². The molecule has 0 aromatic heterocycles. The largest absolute Gasteiger partial charge is 0.374 e. The van der Waals surface area contributed by atoms with Gasteiger partial charge in [-0.1, -0.05) is 6.42 Å². The van der Waals surface area contributed by atoms with Crippen LogP contribution in [0.25, 0.3) is 0 Å².